The summed E-state index contributed by atoms with van der Waals surface area (Å²) in [6, 6.07) is -1.20. The number of rotatable bonds is 44. The molecule has 1 heterocycles. The minimum absolute atomic E-state index is 0.00147. The van der Waals surface area contributed by atoms with Gasteiger partial charge in [0.15, 0.2) is 0 Å². The number of imide groups is 1. The first-order valence-corrected chi connectivity index (χ1v) is 25.8. The second-order valence-electron chi connectivity index (χ2n) is 18.1. The maximum Gasteiger partial charge on any atom is 0.358 e. The maximum atomic E-state index is 13.0. The normalized spacial score (nSPS) is 16.1. The Labute approximate surface area is 413 Å². The maximum absolute atomic E-state index is 13.0. The Morgan fingerprint density at radius 2 is 0.986 bits per heavy atom. The van der Waals surface area contributed by atoms with Crippen molar-refractivity contribution in [2.24, 2.45) is 11.8 Å². The summed E-state index contributed by atoms with van der Waals surface area (Å²) in [5.41, 5.74) is 0. The van der Waals surface area contributed by atoms with Gasteiger partial charge in [-0.3, -0.25) is 33.6 Å². The van der Waals surface area contributed by atoms with Crippen molar-refractivity contribution in [3.63, 3.8) is 0 Å². The van der Waals surface area contributed by atoms with E-state index in [1.54, 1.807) is 0 Å². The lowest BCUT2D eigenvalue weighted by atomic mass is 9.81. The summed E-state index contributed by atoms with van der Waals surface area (Å²) in [5.74, 6) is -5.02. The fourth-order valence-electron chi connectivity index (χ4n) is 8.05. The van der Waals surface area contributed by atoms with Crippen LogP contribution in [0.2, 0.25) is 0 Å². The first-order chi connectivity index (χ1) is 33.8. The highest BCUT2D eigenvalue weighted by Crippen LogP contribution is 2.29. The molecule has 0 aromatic heterocycles. The number of nitrogens with one attached hydrogen (secondary N) is 4. The summed E-state index contributed by atoms with van der Waals surface area (Å²) < 4.78 is 21.0. The van der Waals surface area contributed by atoms with Gasteiger partial charge in [-0.25, -0.2) is 9.59 Å². The minimum Gasteiger partial charge on any atom is -0.481 e. The number of ether oxygens (including phenoxy) is 4. The Hall–Kier alpha value is -4.73. The van der Waals surface area contributed by atoms with Crippen LogP contribution in [0.15, 0.2) is 0 Å². The van der Waals surface area contributed by atoms with Crippen LogP contribution in [0, 0.1) is 11.8 Å². The average Bonchev–Trinajstić information content (AvgIpc) is 3.65. The molecule has 0 spiro atoms. The van der Waals surface area contributed by atoms with Crippen LogP contribution >= 0.6 is 0 Å². The average molecular weight is 998 g/mol. The van der Waals surface area contributed by atoms with E-state index in [4.69, 9.17) is 24.1 Å². The van der Waals surface area contributed by atoms with Crippen molar-refractivity contribution in [3.8, 4) is 0 Å². The molecule has 1 aliphatic heterocycles. The van der Waals surface area contributed by atoms with Crippen molar-refractivity contribution in [1.29, 1.82) is 0 Å². The number of hydroxylamine groups is 2. The van der Waals surface area contributed by atoms with Crippen molar-refractivity contribution in [2.75, 3.05) is 72.5 Å². The molecule has 0 unspecified atom stereocenters. The number of amides is 6. The number of unbranched alkanes of at least 4 members (excludes halogenated alkanes) is 15. The zero-order chi connectivity index (χ0) is 51.0. The first-order valence-electron chi connectivity index (χ1n) is 25.8. The zero-order valence-corrected chi connectivity index (χ0v) is 41.5. The van der Waals surface area contributed by atoms with Crippen LogP contribution in [0.5, 0.6) is 0 Å². The number of nitrogens with zero attached hydrogens (tertiary/aromatic N) is 1. The third-order valence-electron chi connectivity index (χ3n) is 12.2. The summed E-state index contributed by atoms with van der Waals surface area (Å²) in [4.78, 5) is 111. The van der Waals surface area contributed by atoms with Crippen LogP contribution in [0.4, 0.5) is 0 Å². The van der Waals surface area contributed by atoms with Crippen molar-refractivity contribution >= 4 is 53.4 Å². The van der Waals surface area contributed by atoms with Gasteiger partial charge in [0.25, 0.3) is 11.8 Å². The third kappa shape index (κ3) is 32.2. The van der Waals surface area contributed by atoms with Crippen molar-refractivity contribution in [3.05, 3.63) is 0 Å². The molecule has 2 aliphatic rings. The zero-order valence-electron chi connectivity index (χ0n) is 41.5. The molecule has 1 saturated heterocycles. The van der Waals surface area contributed by atoms with Crippen LogP contribution in [-0.2, 0) is 66.9 Å². The molecule has 70 heavy (non-hydrogen) atoms. The van der Waals surface area contributed by atoms with Gasteiger partial charge in [0.2, 0.25) is 23.6 Å². The lowest BCUT2D eigenvalue weighted by Crippen LogP contribution is -2.45. The lowest BCUT2D eigenvalue weighted by molar-refractivity contribution is -0.200. The fourth-order valence-corrected chi connectivity index (χ4v) is 8.05. The highest BCUT2D eigenvalue weighted by molar-refractivity contribution is 6.01. The molecule has 1 aliphatic carbocycles. The van der Waals surface area contributed by atoms with Gasteiger partial charge in [0.05, 0.1) is 39.6 Å². The summed E-state index contributed by atoms with van der Waals surface area (Å²) in [5, 5.41) is 29.7. The quantitative estimate of drug-likeness (QED) is 0.0367. The molecule has 2 rings (SSSR count). The van der Waals surface area contributed by atoms with Gasteiger partial charge in [0.1, 0.15) is 19.3 Å². The highest BCUT2D eigenvalue weighted by Gasteiger charge is 2.33. The number of carbonyl (C=O) groups is 9. The highest BCUT2D eigenvalue weighted by atomic mass is 16.7. The Bertz CT molecular complexity index is 1540. The molecular weight excluding hydrogens is 915 g/mol. The standard InChI is InChI=1S/C49H83N5O16/c55-41(17-15-13-11-9-7-5-3-1-2-4-6-8-10-12-14-16-18-46(60)61)52-35-38-19-21-39(22-20-38)48(63)53-40(49(64)65)23-24-42(56)50-27-29-66-31-33-68-36-43(57)51-28-30-67-32-34-69-37-47(62)70-54-44(58)25-26-45(54)59/h38-40H,1-37H2,(H,50,56)(H,51,57)(H,52,55)(H,53,63)(H,60,61)(H,64,65)/t38-,39-,40-/m0/s1. The second-order valence-corrected chi connectivity index (χ2v) is 18.1. The monoisotopic (exact) mass is 998 g/mol. The molecule has 1 saturated carbocycles. The van der Waals surface area contributed by atoms with Crippen LogP contribution in [0.1, 0.15) is 167 Å². The van der Waals surface area contributed by atoms with Gasteiger partial charge in [-0.1, -0.05) is 89.9 Å². The van der Waals surface area contributed by atoms with E-state index in [0.717, 1.165) is 51.4 Å². The number of hydrogen-bond donors (Lipinski definition) is 6. The molecule has 400 valence electrons. The first kappa shape index (κ1) is 61.4. The number of carboxylic acids is 2. The van der Waals surface area contributed by atoms with Crippen molar-refractivity contribution in [2.45, 2.75) is 173 Å². The molecular formula is C49H83N5O16. The summed E-state index contributed by atoms with van der Waals surface area (Å²) in [6.45, 7) is 1.10. The molecule has 0 bridgehead atoms. The SMILES string of the molecule is O=C(O)CCCCCCCCCCCCCCCCCCC(=O)NC[C@H]1CC[C@H](C(=O)N[C@@H](CCC(=O)NCCOCCOCC(=O)NCCOCCOCC(=O)ON2C(=O)CCC2=O)C(=O)O)CC1. The number of aliphatic carboxylic acids is 2. The molecule has 0 aromatic carbocycles. The van der Waals surface area contributed by atoms with Gasteiger partial charge < -0.3 is 55.3 Å². The van der Waals surface area contributed by atoms with E-state index in [1.807, 2.05) is 0 Å². The van der Waals surface area contributed by atoms with Gasteiger partial charge in [0, 0.05) is 57.7 Å². The van der Waals surface area contributed by atoms with E-state index < -0.39 is 42.4 Å². The molecule has 0 aromatic rings. The Morgan fingerprint density at radius 1 is 0.529 bits per heavy atom. The van der Waals surface area contributed by atoms with E-state index in [1.165, 1.54) is 64.2 Å². The Morgan fingerprint density at radius 3 is 1.50 bits per heavy atom. The van der Waals surface area contributed by atoms with Crippen molar-refractivity contribution in [1.82, 2.24) is 26.3 Å². The number of carbonyl (C=O) groups excluding carboxylic acids is 7. The number of carboxylic acid groups (broad SMARTS) is 2. The smallest absolute Gasteiger partial charge is 0.358 e. The lowest BCUT2D eigenvalue weighted by Gasteiger charge is -2.28. The fraction of sp³-hybridized carbons (Fsp3) is 0.816. The van der Waals surface area contributed by atoms with Crippen molar-refractivity contribution < 1.29 is 77.1 Å². The largest absolute Gasteiger partial charge is 0.481 e. The number of hydrogen-bond acceptors (Lipinski definition) is 14. The van der Waals surface area contributed by atoms with E-state index in [2.05, 4.69) is 26.1 Å². The Kier molecular flexibility index (Phi) is 35.0. The van der Waals surface area contributed by atoms with Gasteiger partial charge in [-0.2, -0.15) is 0 Å². The topological polar surface area (TPSA) is 292 Å². The summed E-state index contributed by atoms with van der Waals surface area (Å²) in [7, 11) is 0. The molecule has 1 atom stereocenters. The molecule has 21 nitrogen and oxygen atoms in total. The summed E-state index contributed by atoms with van der Waals surface area (Å²) in [6.07, 6.45) is 22.0. The van der Waals surface area contributed by atoms with E-state index >= 15 is 0 Å². The Balaban J connectivity index is 1.37. The predicted molar refractivity (Wildman–Crippen MR) is 254 cm³/mol. The molecule has 21 heteroatoms. The second kappa shape index (κ2) is 39.9. The van der Waals surface area contributed by atoms with Crippen LogP contribution in [0.3, 0.4) is 0 Å². The van der Waals surface area contributed by atoms with E-state index in [-0.39, 0.29) is 127 Å². The van der Waals surface area contributed by atoms with Crippen LogP contribution in [-0.4, -0.2) is 147 Å². The van der Waals surface area contributed by atoms with E-state index in [9.17, 15) is 48.3 Å². The van der Waals surface area contributed by atoms with E-state index in [0.29, 0.717) is 30.9 Å². The van der Waals surface area contributed by atoms with Gasteiger partial charge in [-0.15, -0.1) is 5.06 Å². The van der Waals surface area contributed by atoms with Gasteiger partial charge in [-0.05, 0) is 50.9 Å². The molecule has 0 radical (unpaired) electrons. The predicted octanol–water partition coefficient (Wildman–Crippen LogP) is 4.27. The molecule has 6 N–H and O–H groups in total. The summed E-state index contributed by atoms with van der Waals surface area (Å²) >= 11 is 0. The third-order valence-corrected chi connectivity index (χ3v) is 12.2. The molecule has 2 fully saturated rings. The van der Waals surface area contributed by atoms with Crippen LogP contribution < -0.4 is 21.3 Å². The molecule has 6 amide bonds. The van der Waals surface area contributed by atoms with Crippen LogP contribution in [0.25, 0.3) is 0 Å². The minimum atomic E-state index is -1.21. The van der Waals surface area contributed by atoms with Gasteiger partial charge >= 0.3 is 17.9 Å².